The molecule has 10 heteroatoms. The van der Waals surface area contributed by atoms with Crippen molar-refractivity contribution < 1.29 is 18.5 Å². The van der Waals surface area contributed by atoms with E-state index < -0.39 is 22.9 Å². The van der Waals surface area contributed by atoms with Crippen LogP contribution in [-0.2, 0) is 11.3 Å². The Morgan fingerprint density at radius 2 is 2.12 bits per heavy atom. The number of aromatic nitrogens is 2. The van der Waals surface area contributed by atoms with Crippen LogP contribution < -0.4 is 5.32 Å². The van der Waals surface area contributed by atoms with Crippen molar-refractivity contribution in [2.75, 3.05) is 5.32 Å². The average Bonchev–Trinajstić information content (AvgIpc) is 3.32. The van der Waals surface area contributed by atoms with Gasteiger partial charge in [-0.05, 0) is 18.9 Å². The molecule has 1 saturated carbocycles. The van der Waals surface area contributed by atoms with Gasteiger partial charge in [0.1, 0.15) is 17.9 Å². The van der Waals surface area contributed by atoms with E-state index in [1.165, 1.54) is 24.3 Å². The van der Waals surface area contributed by atoms with Gasteiger partial charge in [-0.3, -0.25) is 19.6 Å². The second-order valence-corrected chi connectivity index (χ2v) is 6.02. The molecule has 3 rings (SSSR count). The van der Waals surface area contributed by atoms with E-state index >= 15 is 0 Å². The minimum Gasteiger partial charge on any atom is -0.319 e. The maximum atomic E-state index is 13.0. The normalized spacial score (nSPS) is 13.9. The summed E-state index contributed by atoms with van der Waals surface area (Å²) in [7, 11) is 0. The van der Waals surface area contributed by atoms with Gasteiger partial charge in [-0.2, -0.15) is 5.10 Å². The van der Waals surface area contributed by atoms with Crippen molar-refractivity contribution >= 4 is 28.9 Å². The number of anilines is 1. The minimum atomic E-state index is -2.84. The highest BCUT2D eigenvalue weighted by molar-refractivity contribution is 6.32. The molecule has 7 nitrogen and oxygen atoms in total. The summed E-state index contributed by atoms with van der Waals surface area (Å²) in [5.74, 6) is -0.609. The van der Waals surface area contributed by atoms with Gasteiger partial charge in [0, 0.05) is 12.0 Å². The Bertz CT molecular complexity index is 836. The lowest BCUT2D eigenvalue weighted by molar-refractivity contribution is -0.383. The molecule has 2 aromatic rings. The highest BCUT2D eigenvalue weighted by Gasteiger charge is 2.34. The highest BCUT2D eigenvalue weighted by Crippen LogP contribution is 2.45. The number of nitrogens with one attached hydrogen (secondary N) is 1. The first kappa shape index (κ1) is 17.3. The van der Waals surface area contributed by atoms with Crippen LogP contribution in [0.25, 0.3) is 0 Å². The molecule has 1 fully saturated rings. The Morgan fingerprint density at radius 3 is 2.72 bits per heavy atom. The van der Waals surface area contributed by atoms with Crippen molar-refractivity contribution in [3.63, 3.8) is 0 Å². The van der Waals surface area contributed by atoms with Crippen LogP contribution in [0.3, 0.4) is 0 Å². The van der Waals surface area contributed by atoms with Crippen LogP contribution in [0, 0.1) is 10.1 Å². The van der Waals surface area contributed by atoms with Crippen molar-refractivity contribution in [3.8, 4) is 0 Å². The quantitative estimate of drug-likeness (QED) is 0.616. The molecule has 132 valence electrons. The van der Waals surface area contributed by atoms with Gasteiger partial charge in [0.15, 0.2) is 0 Å². The van der Waals surface area contributed by atoms with Crippen LogP contribution in [0.4, 0.5) is 20.2 Å². The summed E-state index contributed by atoms with van der Waals surface area (Å²) in [6, 6.07) is 5.66. The number of rotatable bonds is 6. The van der Waals surface area contributed by atoms with Crippen molar-refractivity contribution in [2.24, 2.45) is 0 Å². The largest absolute Gasteiger partial charge is 0.319 e. The first-order valence-corrected chi connectivity index (χ1v) is 7.83. The molecule has 1 N–H and O–H groups in total. The summed E-state index contributed by atoms with van der Waals surface area (Å²) < 4.78 is 27.1. The Kier molecular flexibility index (Phi) is 4.67. The summed E-state index contributed by atoms with van der Waals surface area (Å²) in [4.78, 5) is 22.6. The van der Waals surface area contributed by atoms with Crippen LogP contribution in [0.5, 0.6) is 0 Å². The Morgan fingerprint density at radius 1 is 1.44 bits per heavy atom. The lowest BCUT2D eigenvalue weighted by Gasteiger charge is -2.08. The number of carbonyl (C=O) groups excluding carboxylic acids is 1. The molecule has 0 unspecified atom stereocenters. The molecule has 0 radical (unpaired) electrons. The van der Waals surface area contributed by atoms with Gasteiger partial charge in [-0.15, -0.1) is 0 Å². The third-order valence-corrected chi connectivity index (χ3v) is 4.18. The summed E-state index contributed by atoms with van der Waals surface area (Å²) in [5.41, 5.74) is -0.375. The van der Waals surface area contributed by atoms with E-state index in [0.29, 0.717) is 5.69 Å². The zero-order valence-corrected chi connectivity index (χ0v) is 13.5. The molecule has 0 spiro atoms. The van der Waals surface area contributed by atoms with Crippen LogP contribution in [0.15, 0.2) is 24.3 Å². The first-order valence-electron chi connectivity index (χ1n) is 7.46. The number of halogens is 3. The molecule has 0 bridgehead atoms. The molecule has 0 saturated heterocycles. The first-order chi connectivity index (χ1) is 11.9. The predicted octanol–water partition coefficient (Wildman–Crippen LogP) is 3.90. The molecule has 1 aromatic carbocycles. The summed E-state index contributed by atoms with van der Waals surface area (Å²) in [6.07, 6.45) is -1.26. The van der Waals surface area contributed by atoms with Crippen molar-refractivity contribution in [1.82, 2.24) is 9.78 Å². The fourth-order valence-electron chi connectivity index (χ4n) is 2.54. The third kappa shape index (κ3) is 3.60. The predicted molar refractivity (Wildman–Crippen MR) is 85.9 cm³/mol. The molecule has 1 aliphatic rings. The van der Waals surface area contributed by atoms with E-state index in [2.05, 4.69) is 10.4 Å². The van der Waals surface area contributed by atoms with E-state index in [4.69, 9.17) is 11.6 Å². The number of nitro benzene ring substituents is 1. The third-order valence-electron chi connectivity index (χ3n) is 3.80. The summed E-state index contributed by atoms with van der Waals surface area (Å²) in [6.45, 7) is -0.357. The zero-order chi connectivity index (χ0) is 18.1. The van der Waals surface area contributed by atoms with Crippen LogP contribution >= 0.6 is 11.6 Å². The van der Waals surface area contributed by atoms with E-state index in [1.54, 1.807) is 0 Å². The van der Waals surface area contributed by atoms with E-state index in [-0.39, 0.29) is 28.9 Å². The van der Waals surface area contributed by atoms with Gasteiger partial charge >= 0.3 is 0 Å². The maximum Gasteiger partial charge on any atom is 0.292 e. The van der Waals surface area contributed by atoms with Crippen LogP contribution in [0.1, 0.15) is 36.6 Å². The second-order valence-electron chi connectivity index (χ2n) is 5.64. The molecule has 0 aliphatic heterocycles. The van der Waals surface area contributed by atoms with Crippen LogP contribution in [0.2, 0.25) is 5.02 Å². The fourth-order valence-corrected chi connectivity index (χ4v) is 2.92. The molecule has 1 heterocycles. The fraction of sp³-hybridized carbons (Fsp3) is 0.333. The highest BCUT2D eigenvalue weighted by atomic mass is 35.5. The van der Waals surface area contributed by atoms with Gasteiger partial charge in [-0.25, -0.2) is 8.78 Å². The average molecular weight is 371 g/mol. The molecule has 25 heavy (non-hydrogen) atoms. The molecular formula is C15H13ClF2N4O3. The van der Waals surface area contributed by atoms with Crippen molar-refractivity contribution in [3.05, 3.63) is 50.8 Å². The number of benzene rings is 1. The SMILES string of the molecule is O=C(Cn1nc(C(F)F)c(Cl)c1C1CC1)Nc1ccccc1[N+](=O)[O-]. The molecule has 0 atom stereocenters. The van der Waals surface area contributed by atoms with E-state index in [9.17, 15) is 23.7 Å². The van der Waals surface area contributed by atoms with Gasteiger partial charge in [0.2, 0.25) is 5.91 Å². The van der Waals surface area contributed by atoms with Gasteiger partial charge < -0.3 is 5.32 Å². The van der Waals surface area contributed by atoms with E-state index in [0.717, 1.165) is 17.5 Å². The number of amides is 1. The number of nitro groups is 1. The van der Waals surface area contributed by atoms with Crippen LogP contribution in [-0.4, -0.2) is 20.6 Å². The van der Waals surface area contributed by atoms with Crippen molar-refractivity contribution in [1.29, 1.82) is 0 Å². The number of alkyl halides is 2. The van der Waals surface area contributed by atoms with Gasteiger partial charge in [0.25, 0.3) is 12.1 Å². The lowest BCUT2D eigenvalue weighted by atomic mass is 10.2. The standard InChI is InChI=1S/C15H13ClF2N4O3/c16-12-13(15(17)18)20-21(14(12)8-5-6-8)7-11(23)19-9-3-1-2-4-10(9)22(24)25/h1-4,8,15H,5-7H2,(H,19,23). The molecule has 1 aliphatic carbocycles. The number of para-hydroxylation sites is 2. The zero-order valence-electron chi connectivity index (χ0n) is 12.8. The summed E-state index contributed by atoms with van der Waals surface area (Å²) in [5, 5.41) is 17.0. The topological polar surface area (TPSA) is 90.1 Å². The van der Waals surface area contributed by atoms with Gasteiger partial charge in [-0.1, -0.05) is 23.7 Å². The molecular weight excluding hydrogens is 358 g/mol. The number of nitrogens with zero attached hydrogens (tertiary/aromatic N) is 3. The number of hydrogen-bond acceptors (Lipinski definition) is 4. The Labute approximate surface area is 145 Å². The Hall–Kier alpha value is -2.55. The van der Waals surface area contributed by atoms with E-state index in [1.807, 2.05) is 0 Å². The molecule has 1 aromatic heterocycles. The maximum absolute atomic E-state index is 13.0. The summed E-state index contributed by atoms with van der Waals surface area (Å²) >= 11 is 5.99. The monoisotopic (exact) mass is 370 g/mol. The van der Waals surface area contributed by atoms with Crippen molar-refractivity contribution in [2.45, 2.75) is 31.7 Å². The van der Waals surface area contributed by atoms with Gasteiger partial charge in [0.05, 0.1) is 15.6 Å². The smallest absolute Gasteiger partial charge is 0.292 e. The molecule has 1 amide bonds. The minimum absolute atomic E-state index is 0.00589. The number of carbonyl (C=O) groups is 1. The second kappa shape index (κ2) is 6.75. The Balaban J connectivity index is 1.82. The lowest BCUT2D eigenvalue weighted by Crippen LogP contribution is -2.21. The number of hydrogen-bond donors (Lipinski definition) is 1.